The SMILES string of the molecule is CCC1(C(=O)N(CC(=O)Nc2ccc3c(c2)CC(=O)Nc2ncccc2C3)Cc2ccccc2CNC)CCN(C(=O)/C(N)=C/C(=N)C(C)(C)C)CC1. The van der Waals surface area contributed by atoms with E-state index in [0.29, 0.717) is 56.8 Å². The number of anilines is 2. The van der Waals surface area contributed by atoms with E-state index < -0.39 is 10.8 Å². The van der Waals surface area contributed by atoms with Crippen LogP contribution in [0.2, 0.25) is 0 Å². The van der Waals surface area contributed by atoms with E-state index in [1.165, 1.54) is 6.08 Å². The van der Waals surface area contributed by atoms with E-state index in [-0.39, 0.29) is 54.5 Å². The van der Waals surface area contributed by atoms with Crippen LogP contribution in [0.5, 0.6) is 0 Å². The zero-order valence-corrected chi connectivity index (χ0v) is 31.5. The monoisotopic (exact) mass is 720 g/mol. The van der Waals surface area contributed by atoms with Gasteiger partial charge in [0.25, 0.3) is 5.91 Å². The molecule has 5 rings (SSSR count). The van der Waals surface area contributed by atoms with Crippen LogP contribution in [0.1, 0.15) is 74.8 Å². The molecule has 0 atom stereocenters. The normalized spacial score (nSPS) is 15.6. The van der Waals surface area contributed by atoms with Gasteiger partial charge < -0.3 is 36.9 Å². The fourth-order valence-corrected chi connectivity index (χ4v) is 6.95. The maximum atomic E-state index is 14.7. The minimum absolute atomic E-state index is 0.00972. The van der Waals surface area contributed by atoms with Gasteiger partial charge in [0.2, 0.25) is 17.7 Å². The predicted molar refractivity (Wildman–Crippen MR) is 207 cm³/mol. The van der Waals surface area contributed by atoms with E-state index in [1.807, 2.05) is 89.3 Å². The summed E-state index contributed by atoms with van der Waals surface area (Å²) in [7, 11) is 1.86. The van der Waals surface area contributed by atoms with Gasteiger partial charge in [-0.3, -0.25) is 19.2 Å². The number of hydrogen-bond acceptors (Lipinski definition) is 8. The van der Waals surface area contributed by atoms with Crippen molar-refractivity contribution >= 4 is 40.8 Å². The van der Waals surface area contributed by atoms with Crippen LogP contribution < -0.4 is 21.7 Å². The number of fused-ring (bicyclic) bond motifs is 2. The first kappa shape index (κ1) is 38.9. The molecule has 12 heteroatoms. The molecule has 2 aliphatic rings. The maximum Gasteiger partial charge on any atom is 0.269 e. The number of carbonyl (C=O) groups excluding carboxylic acids is 4. The third-order valence-electron chi connectivity index (χ3n) is 10.3. The number of nitrogens with two attached hydrogens (primary N) is 1. The van der Waals surface area contributed by atoms with Gasteiger partial charge in [0.1, 0.15) is 12.4 Å². The highest BCUT2D eigenvalue weighted by Gasteiger charge is 2.43. The van der Waals surface area contributed by atoms with E-state index in [1.54, 1.807) is 16.0 Å². The van der Waals surface area contributed by atoms with E-state index in [9.17, 15) is 19.2 Å². The lowest BCUT2D eigenvalue weighted by Gasteiger charge is -2.43. The van der Waals surface area contributed by atoms with Crippen LogP contribution in [0, 0.1) is 16.2 Å². The summed E-state index contributed by atoms with van der Waals surface area (Å²) in [6.07, 6.45) is 5.18. The van der Waals surface area contributed by atoms with Crippen LogP contribution in [0.3, 0.4) is 0 Å². The number of hydrogen-bond donors (Lipinski definition) is 5. The molecule has 4 amide bonds. The molecule has 1 fully saturated rings. The van der Waals surface area contributed by atoms with Crippen LogP contribution in [0.4, 0.5) is 11.5 Å². The van der Waals surface area contributed by atoms with Crippen molar-refractivity contribution < 1.29 is 19.2 Å². The zero-order valence-electron chi connectivity index (χ0n) is 31.5. The van der Waals surface area contributed by atoms with Gasteiger partial charge in [-0.1, -0.05) is 64.1 Å². The zero-order chi connectivity index (χ0) is 38.3. The molecule has 2 aliphatic heterocycles. The number of pyridine rings is 1. The van der Waals surface area contributed by atoms with Gasteiger partial charge in [-0.05, 0) is 78.4 Å². The number of allylic oxidation sites excluding steroid dienone is 1. The Balaban J connectivity index is 1.35. The number of piperidine rings is 1. The average Bonchev–Trinajstić information content (AvgIpc) is 3.12. The first-order valence-corrected chi connectivity index (χ1v) is 18.2. The van der Waals surface area contributed by atoms with Crippen LogP contribution in [-0.4, -0.2) is 70.8 Å². The molecule has 1 saturated heterocycles. The Morgan fingerprint density at radius 3 is 2.42 bits per heavy atom. The molecule has 0 bridgehead atoms. The van der Waals surface area contributed by atoms with E-state index in [2.05, 4.69) is 20.9 Å². The van der Waals surface area contributed by atoms with Crippen molar-refractivity contribution in [2.24, 2.45) is 16.6 Å². The molecule has 0 radical (unpaired) electrons. The van der Waals surface area contributed by atoms with Gasteiger partial charge in [-0.2, -0.15) is 0 Å². The third kappa shape index (κ3) is 9.36. The lowest BCUT2D eigenvalue weighted by atomic mass is 9.74. The molecule has 53 heavy (non-hydrogen) atoms. The molecule has 0 spiro atoms. The van der Waals surface area contributed by atoms with Gasteiger partial charge in [-0.25, -0.2) is 4.98 Å². The van der Waals surface area contributed by atoms with Crippen molar-refractivity contribution in [3.63, 3.8) is 0 Å². The van der Waals surface area contributed by atoms with Crippen molar-refractivity contribution in [3.8, 4) is 0 Å². The minimum Gasteiger partial charge on any atom is -0.394 e. The number of amides is 4. The first-order valence-electron chi connectivity index (χ1n) is 18.2. The lowest BCUT2D eigenvalue weighted by molar-refractivity contribution is -0.150. The Hall–Kier alpha value is -5.36. The molecule has 1 aromatic heterocycles. The van der Waals surface area contributed by atoms with E-state index >= 15 is 0 Å². The van der Waals surface area contributed by atoms with Crippen molar-refractivity contribution in [2.45, 2.75) is 72.9 Å². The summed E-state index contributed by atoms with van der Waals surface area (Å²) >= 11 is 0. The number of likely N-dealkylation sites (tertiary alicyclic amines) is 1. The van der Waals surface area contributed by atoms with Crippen LogP contribution in [-0.2, 0) is 45.1 Å². The minimum atomic E-state index is -0.785. The summed E-state index contributed by atoms with van der Waals surface area (Å²) in [6, 6.07) is 17.2. The van der Waals surface area contributed by atoms with Crippen molar-refractivity contribution in [1.29, 1.82) is 5.41 Å². The second kappa shape index (κ2) is 16.5. The van der Waals surface area contributed by atoms with Crippen molar-refractivity contribution in [3.05, 3.63) is 100 Å². The summed E-state index contributed by atoms with van der Waals surface area (Å²) in [5, 5.41) is 17.3. The number of aromatic nitrogens is 1. The second-order valence-electron chi connectivity index (χ2n) is 15.1. The Kier molecular flexibility index (Phi) is 12.1. The second-order valence-corrected chi connectivity index (χ2v) is 15.1. The van der Waals surface area contributed by atoms with Crippen LogP contribution in [0.15, 0.2) is 72.6 Å². The molecule has 6 N–H and O–H groups in total. The highest BCUT2D eigenvalue weighted by molar-refractivity contribution is 6.04. The summed E-state index contributed by atoms with van der Waals surface area (Å²) in [5.41, 5.74) is 10.4. The fraction of sp³-hybridized carbons (Fsp3) is 0.415. The number of nitrogens with zero attached hydrogens (tertiary/aromatic N) is 3. The Morgan fingerprint density at radius 2 is 1.74 bits per heavy atom. The van der Waals surface area contributed by atoms with Crippen molar-refractivity contribution in [1.82, 2.24) is 20.1 Å². The number of nitrogens with one attached hydrogen (secondary N) is 4. The maximum absolute atomic E-state index is 14.7. The highest BCUT2D eigenvalue weighted by Crippen LogP contribution is 2.38. The molecule has 12 nitrogen and oxygen atoms in total. The van der Waals surface area contributed by atoms with Gasteiger partial charge in [0.15, 0.2) is 0 Å². The quantitative estimate of drug-likeness (QED) is 0.140. The van der Waals surface area contributed by atoms with Gasteiger partial charge in [-0.15, -0.1) is 0 Å². The molecule has 0 unspecified atom stereocenters. The predicted octanol–water partition coefficient (Wildman–Crippen LogP) is 4.78. The van der Waals surface area contributed by atoms with Crippen molar-refractivity contribution in [2.75, 3.05) is 37.3 Å². The van der Waals surface area contributed by atoms with Gasteiger partial charge in [0, 0.05) is 55.6 Å². The molecular formula is C41H52N8O4. The van der Waals surface area contributed by atoms with E-state index in [4.69, 9.17) is 11.1 Å². The molecule has 0 saturated carbocycles. The molecule has 2 aromatic carbocycles. The summed E-state index contributed by atoms with van der Waals surface area (Å²) in [6.45, 7) is 8.96. The topological polar surface area (TPSA) is 174 Å². The third-order valence-corrected chi connectivity index (χ3v) is 10.3. The lowest BCUT2D eigenvalue weighted by Crippen LogP contribution is -2.52. The van der Waals surface area contributed by atoms with Gasteiger partial charge in [0.05, 0.1) is 17.5 Å². The molecule has 3 heterocycles. The summed E-state index contributed by atoms with van der Waals surface area (Å²) < 4.78 is 0. The fourth-order valence-electron chi connectivity index (χ4n) is 6.95. The molecule has 280 valence electrons. The Morgan fingerprint density at radius 1 is 1.02 bits per heavy atom. The Bertz CT molecular complexity index is 1910. The number of rotatable bonds is 11. The summed E-state index contributed by atoms with van der Waals surface area (Å²) in [4.78, 5) is 62.2. The average molecular weight is 721 g/mol. The van der Waals surface area contributed by atoms with Gasteiger partial charge >= 0.3 is 0 Å². The number of carbonyl (C=O) groups is 4. The van der Waals surface area contributed by atoms with Crippen LogP contribution >= 0.6 is 0 Å². The smallest absolute Gasteiger partial charge is 0.269 e. The van der Waals surface area contributed by atoms with E-state index in [0.717, 1.165) is 27.8 Å². The largest absolute Gasteiger partial charge is 0.394 e. The van der Waals surface area contributed by atoms with Crippen LogP contribution in [0.25, 0.3) is 0 Å². The summed E-state index contributed by atoms with van der Waals surface area (Å²) in [5.74, 6) is -0.466. The molecular weight excluding hydrogens is 669 g/mol. The Labute approximate surface area is 312 Å². The first-order chi connectivity index (χ1) is 25.2. The molecule has 3 aromatic rings. The number of benzene rings is 2. The molecule has 0 aliphatic carbocycles. The highest BCUT2D eigenvalue weighted by atomic mass is 16.2. The standard InChI is InChI=1S/C41H52N8O4/c1-6-41(15-18-48(19-16-41)38(52)33(42)23-34(43)40(2,3)4)39(53)49(25-30-11-8-7-10-29(30)24-44-5)26-36(51)46-32-14-13-27-20-28-12-9-17-45-37(28)47-35(50)22-31(27)21-32/h7-14,17,21,23,43-44H,6,15-16,18-20,22,24-26,42H2,1-5H3,(H,46,51)(H,45,47,50)/b33-23-,43-34?.